The molecule has 0 heterocycles. The molecule has 0 saturated carbocycles. The third-order valence-corrected chi connectivity index (χ3v) is 3.00. The van der Waals surface area contributed by atoms with Gasteiger partial charge in [-0.15, -0.1) is 0 Å². The summed E-state index contributed by atoms with van der Waals surface area (Å²) in [5.74, 6) is 1.88. The van der Waals surface area contributed by atoms with Gasteiger partial charge in [-0.25, -0.2) is 0 Å². The molecule has 0 atom stereocenters. The lowest BCUT2D eigenvalue weighted by molar-refractivity contribution is 0.381. The van der Waals surface area contributed by atoms with Crippen LogP contribution in [0.25, 0.3) is 0 Å². The molecule has 0 aromatic heterocycles. The van der Waals surface area contributed by atoms with E-state index >= 15 is 0 Å². The van der Waals surface area contributed by atoms with E-state index in [4.69, 9.17) is 17.5 Å². The van der Waals surface area contributed by atoms with Gasteiger partial charge < -0.3 is 0 Å². The minimum Gasteiger partial charge on any atom is -0.264 e. The van der Waals surface area contributed by atoms with Crippen molar-refractivity contribution in [2.45, 2.75) is 59.3 Å². The standard InChI is InChI=1S/C15H24.H2O4S/c1-10(2)13-7-14(11(3)4)9-15(8-13)12(5)6;1-5(2,3)4/h7-12H,1-6H3;(H2,1,2,3,4). The van der Waals surface area contributed by atoms with Gasteiger partial charge in [0.1, 0.15) is 0 Å². The van der Waals surface area contributed by atoms with Crippen molar-refractivity contribution < 1.29 is 17.5 Å². The third kappa shape index (κ3) is 8.30. The van der Waals surface area contributed by atoms with Crippen LogP contribution in [-0.4, -0.2) is 17.5 Å². The van der Waals surface area contributed by atoms with E-state index in [0.717, 1.165) is 0 Å². The van der Waals surface area contributed by atoms with Crippen molar-refractivity contribution in [3.63, 3.8) is 0 Å². The van der Waals surface area contributed by atoms with E-state index in [1.54, 1.807) is 0 Å². The monoisotopic (exact) mass is 302 g/mol. The Balaban J connectivity index is 0.000000621. The molecule has 0 saturated heterocycles. The van der Waals surface area contributed by atoms with E-state index in [1.807, 2.05) is 0 Å². The molecule has 20 heavy (non-hydrogen) atoms. The fraction of sp³-hybridized carbons (Fsp3) is 0.600. The summed E-state index contributed by atoms with van der Waals surface area (Å²) in [4.78, 5) is 0. The van der Waals surface area contributed by atoms with Crippen LogP contribution in [0.15, 0.2) is 18.2 Å². The Morgan fingerprint density at radius 1 is 0.700 bits per heavy atom. The first-order chi connectivity index (χ1) is 8.91. The lowest BCUT2D eigenvalue weighted by Gasteiger charge is -2.16. The van der Waals surface area contributed by atoms with Crippen LogP contribution in [0.2, 0.25) is 0 Å². The molecule has 1 rings (SSSR count). The molecule has 0 bridgehead atoms. The number of benzene rings is 1. The molecule has 2 N–H and O–H groups in total. The van der Waals surface area contributed by atoms with Crippen molar-refractivity contribution in [1.82, 2.24) is 0 Å². The summed E-state index contributed by atoms with van der Waals surface area (Å²) >= 11 is 0. The lowest BCUT2D eigenvalue weighted by atomic mass is 9.90. The Morgan fingerprint density at radius 2 is 0.850 bits per heavy atom. The zero-order valence-electron chi connectivity index (χ0n) is 13.1. The Labute approximate surface area is 122 Å². The van der Waals surface area contributed by atoms with Gasteiger partial charge in [0.25, 0.3) is 0 Å². The smallest absolute Gasteiger partial charge is 0.264 e. The zero-order chi connectivity index (χ0) is 16.1. The molecule has 0 aliphatic rings. The van der Waals surface area contributed by atoms with E-state index in [2.05, 4.69) is 59.7 Å². The van der Waals surface area contributed by atoms with Gasteiger partial charge >= 0.3 is 10.4 Å². The van der Waals surface area contributed by atoms with Crippen molar-refractivity contribution in [3.8, 4) is 0 Å². The van der Waals surface area contributed by atoms with Crippen LogP contribution in [0.3, 0.4) is 0 Å². The number of hydrogen-bond acceptors (Lipinski definition) is 2. The minimum absolute atomic E-state index is 0.626. The van der Waals surface area contributed by atoms with Crippen LogP contribution in [0, 0.1) is 0 Å². The van der Waals surface area contributed by atoms with Gasteiger partial charge in [0, 0.05) is 0 Å². The van der Waals surface area contributed by atoms with Crippen molar-refractivity contribution in [3.05, 3.63) is 34.9 Å². The average molecular weight is 302 g/mol. The summed E-state index contributed by atoms with van der Waals surface area (Å²) in [6.07, 6.45) is 0. The Bertz CT molecular complexity index is 444. The molecule has 0 spiro atoms. The molecule has 5 heteroatoms. The Kier molecular flexibility index (Phi) is 7.41. The normalized spacial score (nSPS) is 11.8. The van der Waals surface area contributed by atoms with Crippen molar-refractivity contribution in [2.24, 2.45) is 0 Å². The molecule has 0 unspecified atom stereocenters. The van der Waals surface area contributed by atoms with Gasteiger partial charge in [-0.05, 0) is 34.4 Å². The number of hydrogen-bond donors (Lipinski definition) is 2. The van der Waals surface area contributed by atoms with Gasteiger partial charge in [-0.3, -0.25) is 9.11 Å². The van der Waals surface area contributed by atoms with Gasteiger partial charge in [-0.1, -0.05) is 59.7 Å². The molecular weight excluding hydrogens is 276 g/mol. The highest BCUT2D eigenvalue weighted by atomic mass is 32.3. The van der Waals surface area contributed by atoms with E-state index in [9.17, 15) is 0 Å². The molecule has 0 fully saturated rings. The molecule has 0 aliphatic heterocycles. The fourth-order valence-corrected chi connectivity index (χ4v) is 1.70. The topological polar surface area (TPSA) is 74.6 Å². The predicted molar refractivity (Wildman–Crippen MR) is 82.9 cm³/mol. The second kappa shape index (κ2) is 7.76. The van der Waals surface area contributed by atoms with Crippen molar-refractivity contribution in [1.29, 1.82) is 0 Å². The molecule has 0 aliphatic carbocycles. The SMILES string of the molecule is CC(C)c1cc(C(C)C)cc(C(C)C)c1.O=S(=O)(O)O. The van der Waals surface area contributed by atoms with Crippen LogP contribution >= 0.6 is 0 Å². The molecule has 116 valence electrons. The van der Waals surface area contributed by atoms with E-state index in [-0.39, 0.29) is 0 Å². The van der Waals surface area contributed by atoms with E-state index in [0.29, 0.717) is 17.8 Å². The van der Waals surface area contributed by atoms with Crippen LogP contribution in [0.1, 0.15) is 76.0 Å². The van der Waals surface area contributed by atoms with Crippen LogP contribution in [0.4, 0.5) is 0 Å². The molecule has 0 radical (unpaired) electrons. The third-order valence-electron chi connectivity index (χ3n) is 3.00. The predicted octanol–water partition coefficient (Wildman–Crippen LogP) is 4.40. The van der Waals surface area contributed by atoms with Crippen molar-refractivity contribution in [2.75, 3.05) is 0 Å². The van der Waals surface area contributed by atoms with Gasteiger partial charge in [0.05, 0.1) is 0 Å². The first-order valence-corrected chi connectivity index (χ1v) is 8.16. The highest BCUT2D eigenvalue weighted by Crippen LogP contribution is 2.26. The highest BCUT2D eigenvalue weighted by Gasteiger charge is 2.08. The zero-order valence-corrected chi connectivity index (χ0v) is 13.9. The second-order valence-corrected chi connectivity index (χ2v) is 6.74. The molecule has 0 amide bonds. The maximum absolute atomic E-state index is 8.74. The average Bonchev–Trinajstić information content (AvgIpc) is 2.25. The Hall–Kier alpha value is -0.910. The van der Waals surface area contributed by atoms with Gasteiger partial charge in [0.15, 0.2) is 0 Å². The van der Waals surface area contributed by atoms with Crippen LogP contribution < -0.4 is 0 Å². The van der Waals surface area contributed by atoms with Crippen LogP contribution in [0.5, 0.6) is 0 Å². The van der Waals surface area contributed by atoms with Gasteiger partial charge in [-0.2, -0.15) is 8.42 Å². The summed E-state index contributed by atoms with van der Waals surface area (Å²) in [7, 11) is -4.67. The summed E-state index contributed by atoms with van der Waals surface area (Å²) < 4.78 is 31.6. The highest BCUT2D eigenvalue weighted by molar-refractivity contribution is 7.79. The molecular formula is C15H26O4S. The number of rotatable bonds is 3. The summed E-state index contributed by atoms with van der Waals surface area (Å²) in [6, 6.07) is 7.09. The largest absolute Gasteiger partial charge is 0.394 e. The first kappa shape index (κ1) is 19.1. The molecule has 4 nitrogen and oxygen atoms in total. The summed E-state index contributed by atoms with van der Waals surface area (Å²) in [6.45, 7) is 13.6. The van der Waals surface area contributed by atoms with Gasteiger partial charge in [0.2, 0.25) is 0 Å². The summed E-state index contributed by atoms with van der Waals surface area (Å²) in [5.41, 5.74) is 4.43. The Morgan fingerprint density at radius 3 is 0.950 bits per heavy atom. The van der Waals surface area contributed by atoms with Crippen molar-refractivity contribution >= 4 is 10.4 Å². The first-order valence-electron chi connectivity index (χ1n) is 6.76. The second-order valence-electron chi connectivity index (χ2n) is 5.84. The fourth-order valence-electron chi connectivity index (χ4n) is 1.70. The minimum atomic E-state index is -4.67. The van der Waals surface area contributed by atoms with E-state index in [1.165, 1.54) is 16.7 Å². The lowest BCUT2D eigenvalue weighted by Crippen LogP contribution is -1.98. The maximum atomic E-state index is 8.74. The van der Waals surface area contributed by atoms with E-state index < -0.39 is 10.4 Å². The maximum Gasteiger partial charge on any atom is 0.394 e. The van der Waals surface area contributed by atoms with Crippen LogP contribution in [-0.2, 0) is 10.4 Å². The quantitative estimate of drug-likeness (QED) is 0.811. The molecule has 1 aromatic carbocycles. The summed E-state index contributed by atoms with van der Waals surface area (Å²) in [5, 5.41) is 0. The molecule has 1 aromatic rings.